The molecule has 112 valence electrons. The van der Waals surface area contributed by atoms with Gasteiger partial charge < -0.3 is 11.5 Å². The van der Waals surface area contributed by atoms with Crippen molar-refractivity contribution in [3.8, 4) is 5.69 Å². The fraction of sp³-hybridized carbons (Fsp3) is 0.333. The minimum Gasteiger partial charge on any atom is -0.398 e. The van der Waals surface area contributed by atoms with Gasteiger partial charge in [-0.2, -0.15) is 5.10 Å². The smallest absolute Gasteiger partial charge is 0.253 e. The van der Waals surface area contributed by atoms with Gasteiger partial charge in [0, 0.05) is 23.6 Å². The van der Waals surface area contributed by atoms with Crippen LogP contribution in [0.4, 0.5) is 10.1 Å². The van der Waals surface area contributed by atoms with Gasteiger partial charge in [0.2, 0.25) is 0 Å². The number of primary amides is 1. The Kier molecular flexibility index (Phi) is 3.72. The maximum Gasteiger partial charge on any atom is 0.253 e. The summed E-state index contributed by atoms with van der Waals surface area (Å²) in [7, 11) is 0. The molecular weight excluding hydrogens is 271 g/mol. The maximum atomic E-state index is 14.0. The van der Waals surface area contributed by atoms with E-state index in [9.17, 15) is 9.18 Å². The molecule has 0 aliphatic carbocycles. The van der Waals surface area contributed by atoms with Crippen LogP contribution in [0.25, 0.3) is 5.69 Å². The summed E-state index contributed by atoms with van der Waals surface area (Å²) >= 11 is 0. The summed E-state index contributed by atoms with van der Waals surface area (Å²) in [6.45, 7) is 6.32. The summed E-state index contributed by atoms with van der Waals surface area (Å²) in [6, 6.07) is 4.60. The van der Waals surface area contributed by atoms with Crippen LogP contribution in [0.2, 0.25) is 0 Å². The fourth-order valence-corrected chi connectivity index (χ4v) is 2.24. The van der Waals surface area contributed by atoms with Crippen LogP contribution >= 0.6 is 0 Å². The molecule has 0 atom stereocenters. The van der Waals surface area contributed by atoms with Crippen LogP contribution in [0.1, 0.15) is 36.8 Å². The molecule has 1 heterocycles. The molecule has 0 aliphatic rings. The molecule has 1 aromatic heterocycles. The number of benzene rings is 1. The van der Waals surface area contributed by atoms with E-state index in [1.54, 1.807) is 10.9 Å². The highest BCUT2D eigenvalue weighted by Gasteiger charge is 2.18. The predicted octanol–water partition coefficient (Wildman–Crippen LogP) is 2.28. The Morgan fingerprint density at radius 1 is 1.38 bits per heavy atom. The van der Waals surface area contributed by atoms with Gasteiger partial charge in [-0.1, -0.05) is 20.8 Å². The van der Waals surface area contributed by atoms with Gasteiger partial charge in [-0.3, -0.25) is 4.79 Å². The summed E-state index contributed by atoms with van der Waals surface area (Å²) in [5.41, 5.74) is 12.0. The molecule has 0 unspecified atom stereocenters. The van der Waals surface area contributed by atoms with Crippen LogP contribution < -0.4 is 11.5 Å². The highest BCUT2D eigenvalue weighted by Crippen LogP contribution is 2.25. The van der Waals surface area contributed by atoms with Crippen molar-refractivity contribution >= 4 is 11.6 Å². The number of halogens is 1. The van der Waals surface area contributed by atoms with Gasteiger partial charge in [-0.05, 0) is 24.0 Å². The zero-order valence-electron chi connectivity index (χ0n) is 12.4. The second kappa shape index (κ2) is 5.20. The molecule has 0 saturated carbocycles. The van der Waals surface area contributed by atoms with E-state index >= 15 is 0 Å². The first-order chi connectivity index (χ1) is 9.69. The number of nitrogens with two attached hydrogens (primary N) is 2. The van der Waals surface area contributed by atoms with Crippen LogP contribution in [0.5, 0.6) is 0 Å². The van der Waals surface area contributed by atoms with E-state index in [4.69, 9.17) is 11.5 Å². The van der Waals surface area contributed by atoms with E-state index < -0.39 is 11.7 Å². The molecule has 21 heavy (non-hydrogen) atoms. The van der Waals surface area contributed by atoms with Gasteiger partial charge >= 0.3 is 0 Å². The van der Waals surface area contributed by atoms with Crippen LogP contribution in [-0.2, 0) is 6.42 Å². The first kappa shape index (κ1) is 15.0. The third-order valence-electron chi connectivity index (χ3n) is 3.03. The number of nitrogens with zero attached hydrogens (tertiary/aromatic N) is 2. The topological polar surface area (TPSA) is 86.9 Å². The van der Waals surface area contributed by atoms with E-state index in [1.807, 2.05) is 6.07 Å². The van der Waals surface area contributed by atoms with Crippen LogP contribution in [0.15, 0.2) is 24.4 Å². The summed E-state index contributed by atoms with van der Waals surface area (Å²) in [6.07, 6.45) is 2.42. The minimum absolute atomic E-state index is 0.00899. The average Bonchev–Trinajstić information content (AvgIpc) is 2.72. The molecule has 6 heteroatoms. The molecule has 1 amide bonds. The summed E-state index contributed by atoms with van der Waals surface area (Å²) in [4.78, 5) is 11.2. The van der Waals surface area contributed by atoms with E-state index in [1.165, 1.54) is 12.1 Å². The molecule has 0 radical (unpaired) electrons. The maximum absolute atomic E-state index is 14.0. The third kappa shape index (κ3) is 3.21. The zero-order valence-corrected chi connectivity index (χ0v) is 12.4. The van der Waals surface area contributed by atoms with Crippen molar-refractivity contribution in [2.75, 3.05) is 5.73 Å². The molecule has 2 rings (SSSR count). The summed E-state index contributed by atoms with van der Waals surface area (Å²) < 4.78 is 15.6. The van der Waals surface area contributed by atoms with Gasteiger partial charge in [-0.15, -0.1) is 0 Å². The Bertz CT molecular complexity index is 662. The molecule has 0 fully saturated rings. The SMILES string of the molecule is CC(C)(C)Cc1ccnn1-c1cc(N)c(C(N)=O)c(F)c1. The van der Waals surface area contributed by atoms with Crippen molar-refractivity contribution in [2.24, 2.45) is 11.1 Å². The van der Waals surface area contributed by atoms with E-state index in [0.29, 0.717) is 5.69 Å². The number of hydrogen-bond acceptors (Lipinski definition) is 3. The monoisotopic (exact) mass is 290 g/mol. The Labute approximate surface area is 122 Å². The number of rotatable bonds is 3. The van der Waals surface area contributed by atoms with Crippen LogP contribution in [0, 0.1) is 11.2 Å². The number of hydrogen-bond donors (Lipinski definition) is 2. The van der Waals surface area contributed by atoms with E-state index in [2.05, 4.69) is 25.9 Å². The number of carbonyl (C=O) groups is 1. The first-order valence-corrected chi connectivity index (χ1v) is 6.61. The van der Waals surface area contributed by atoms with Gasteiger partial charge in [-0.25, -0.2) is 9.07 Å². The molecule has 0 saturated heterocycles. The number of amides is 1. The number of nitrogen functional groups attached to an aromatic ring is 1. The van der Waals surface area contributed by atoms with Crippen LogP contribution in [0.3, 0.4) is 0 Å². The molecule has 1 aromatic carbocycles. The van der Waals surface area contributed by atoms with Crippen molar-refractivity contribution in [1.82, 2.24) is 9.78 Å². The molecule has 4 N–H and O–H groups in total. The van der Waals surface area contributed by atoms with Crippen molar-refractivity contribution in [3.63, 3.8) is 0 Å². The van der Waals surface area contributed by atoms with Gasteiger partial charge in [0.25, 0.3) is 5.91 Å². The van der Waals surface area contributed by atoms with Crippen molar-refractivity contribution in [2.45, 2.75) is 27.2 Å². The van der Waals surface area contributed by atoms with Gasteiger partial charge in [0.05, 0.1) is 11.3 Å². The molecule has 2 aromatic rings. The lowest BCUT2D eigenvalue weighted by molar-refractivity contribution is 0.0997. The molecular formula is C15H19FN4O. The quantitative estimate of drug-likeness (QED) is 0.850. The molecule has 5 nitrogen and oxygen atoms in total. The third-order valence-corrected chi connectivity index (χ3v) is 3.03. The lowest BCUT2D eigenvalue weighted by Gasteiger charge is -2.19. The lowest BCUT2D eigenvalue weighted by Crippen LogP contribution is -2.17. The van der Waals surface area contributed by atoms with E-state index in [-0.39, 0.29) is 16.7 Å². The lowest BCUT2D eigenvalue weighted by atomic mass is 9.90. The molecule has 0 spiro atoms. The largest absolute Gasteiger partial charge is 0.398 e. The second-order valence-electron chi connectivity index (χ2n) is 6.23. The first-order valence-electron chi connectivity index (χ1n) is 6.61. The molecule has 0 bridgehead atoms. The average molecular weight is 290 g/mol. The highest BCUT2D eigenvalue weighted by atomic mass is 19.1. The Morgan fingerprint density at radius 3 is 2.57 bits per heavy atom. The van der Waals surface area contributed by atoms with E-state index in [0.717, 1.165) is 12.1 Å². The second-order valence-corrected chi connectivity index (χ2v) is 6.23. The summed E-state index contributed by atoms with van der Waals surface area (Å²) in [5.74, 6) is -1.62. The fourth-order valence-electron chi connectivity index (χ4n) is 2.24. The zero-order chi connectivity index (χ0) is 15.8. The Hall–Kier alpha value is -2.37. The normalized spacial score (nSPS) is 11.6. The standard InChI is InChI=1S/C15H19FN4O/c1-15(2,3)8-9-4-5-19-20(9)10-6-11(16)13(14(18)21)12(17)7-10/h4-7H,8,17H2,1-3H3,(H2,18,21). The molecule has 0 aliphatic heterocycles. The Morgan fingerprint density at radius 2 is 2.05 bits per heavy atom. The van der Waals surface area contributed by atoms with Crippen molar-refractivity contribution in [1.29, 1.82) is 0 Å². The summed E-state index contributed by atoms with van der Waals surface area (Å²) in [5, 5.41) is 4.21. The predicted molar refractivity (Wildman–Crippen MR) is 79.6 cm³/mol. The highest BCUT2D eigenvalue weighted by molar-refractivity contribution is 5.98. The van der Waals surface area contributed by atoms with Gasteiger partial charge in [0.15, 0.2) is 0 Å². The van der Waals surface area contributed by atoms with Crippen molar-refractivity contribution < 1.29 is 9.18 Å². The minimum atomic E-state index is -0.882. The van der Waals surface area contributed by atoms with Gasteiger partial charge in [0.1, 0.15) is 5.82 Å². The van der Waals surface area contributed by atoms with Crippen molar-refractivity contribution in [3.05, 3.63) is 41.5 Å². The number of aromatic nitrogens is 2. The van der Waals surface area contributed by atoms with Crippen LogP contribution in [-0.4, -0.2) is 15.7 Å². The Balaban J connectivity index is 2.49. The number of anilines is 1. The number of carbonyl (C=O) groups excluding carboxylic acids is 1.